The predicted molar refractivity (Wildman–Crippen MR) is 95.6 cm³/mol. The second-order valence-electron chi connectivity index (χ2n) is 7.89. The minimum absolute atomic E-state index is 0.0236. The maximum atomic E-state index is 14.6. The van der Waals surface area contributed by atoms with E-state index >= 15 is 0 Å². The van der Waals surface area contributed by atoms with Gasteiger partial charge in [-0.15, -0.1) is 0 Å². The van der Waals surface area contributed by atoms with E-state index in [0.717, 1.165) is 26.2 Å². The van der Waals surface area contributed by atoms with Crippen LogP contribution >= 0.6 is 0 Å². The Balaban J connectivity index is 1.51. The number of halogens is 2. The number of benzene rings is 1. The van der Waals surface area contributed by atoms with Gasteiger partial charge in [0.2, 0.25) is 0 Å². The predicted octanol–water partition coefficient (Wildman–Crippen LogP) is 3.42. The molecular weight excluding hydrogens is 332 g/mol. The topological polar surface area (TPSA) is 19.4 Å². The van der Waals surface area contributed by atoms with E-state index < -0.39 is 11.6 Å². The number of likely N-dealkylation sites (tertiary alicyclic amines) is 1. The number of rotatable bonds is 3. The van der Waals surface area contributed by atoms with Crippen LogP contribution in [0.3, 0.4) is 0 Å². The molecule has 0 spiro atoms. The van der Waals surface area contributed by atoms with Crippen LogP contribution in [0.15, 0.2) is 42.7 Å². The Hall–Kier alpha value is -1.85. The van der Waals surface area contributed by atoms with E-state index in [-0.39, 0.29) is 12.0 Å². The Morgan fingerprint density at radius 1 is 1.04 bits per heavy atom. The van der Waals surface area contributed by atoms with Gasteiger partial charge in [0, 0.05) is 43.5 Å². The van der Waals surface area contributed by atoms with Crippen molar-refractivity contribution in [3.8, 4) is 0 Å². The van der Waals surface area contributed by atoms with Gasteiger partial charge in [0.15, 0.2) is 11.6 Å². The summed E-state index contributed by atoms with van der Waals surface area (Å²) in [6, 6.07) is 9.40. The van der Waals surface area contributed by atoms with Crippen molar-refractivity contribution in [2.24, 2.45) is 5.92 Å². The largest absolute Gasteiger partial charge is 0.298 e. The second kappa shape index (κ2) is 6.39. The number of hydrogen-bond donors (Lipinski definition) is 0. The maximum absolute atomic E-state index is 14.6. The van der Waals surface area contributed by atoms with Crippen LogP contribution in [0.1, 0.15) is 29.9 Å². The SMILES string of the molecule is Fc1cccc([C@@H]2CN(Cc3cccnc3)[C@@H]3C4CCN(CC4)[C@@H]32)c1F. The summed E-state index contributed by atoms with van der Waals surface area (Å²) in [4.78, 5) is 9.24. The minimum Gasteiger partial charge on any atom is -0.298 e. The van der Waals surface area contributed by atoms with Gasteiger partial charge in [0.25, 0.3) is 0 Å². The highest BCUT2D eigenvalue weighted by Gasteiger charge is 2.53. The van der Waals surface area contributed by atoms with Gasteiger partial charge in [-0.05, 0) is 55.1 Å². The van der Waals surface area contributed by atoms with E-state index in [0.29, 0.717) is 17.5 Å². The van der Waals surface area contributed by atoms with Crippen molar-refractivity contribution < 1.29 is 8.78 Å². The number of fused-ring (bicyclic) bond motifs is 2. The molecule has 3 nitrogen and oxygen atoms in total. The molecule has 0 radical (unpaired) electrons. The van der Waals surface area contributed by atoms with Crippen molar-refractivity contribution >= 4 is 0 Å². The van der Waals surface area contributed by atoms with E-state index in [1.165, 1.54) is 24.5 Å². The number of pyridine rings is 1. The first-order valence-electron chi connectivity index (χ1n) is 9.53. The molecule has 0 amide bonds. The summed E-state index contributed by atoms with van der Waals surface area (Å²) in [6.07, 6.45) is 6.12. The molecule has 5 heteroatoms. The first-order valence-corrected chi connectivity index (χ1v) is 9.53. The Morgan fingerprint density at radius 3 is 2.65 bits per heavy atom. The molecule has 6 rings (SSSR count). The summed E-state index contributed by atoms with van der Waals surface area (Å²) >= 11 is 0. The number of hydrogen-bond acceptors (Lipinski definition) is 3. The van der Waals surface area contributed by atoms with E-state index in [9.17, 15) is 8.78 Å². The van der Waals surface area contributed by atoms with E-state index in [4.69, 9.17) is 0 Å². The molecule has 5 heterocycles. The van der Waals surface area contributed by atoms with Gasteiger partial charge in [-0.25, -0.2) is 8.78 Å². The molecule has 1 aromatic carbocycles. The average Bonchev–Trinajstić information content (AvgIpc) is 3.07. The van der Waals surface area contributed by atoms with Crippen molar-refractivity contribution in [1.82, 2.24) is 14.8 Å². The molecule has 0 saturated carbocycles. The quantitative estimate of drug-likeness (QED) is 0.841. The third-order valence-corrected chi connectivity index (χ3v) is 6.58. The molecular formula is C21H23F2N3. The van der Waals surface area contributed by atoms with Gasteiger partial charge >= 0.3 is 0 Å². The molecule has 26 heavy (non-hydrogen) atoms. The fraction of sp³-hybridized carbons (Fsp3) is 0.476. The van der Waals surface area contributed by atoms with Gasteiger partial charge in [-0.1, -0.05) is 18.2 Å². The summed E-state index contributed by atoms with van der Waals surface area (Å²) in [7, 11) is 0. The van der Waals surface area contributed by atoms with Crippen LogP contribution in [0.4, 0.5) is 8.78 Å². The van der Waals surface area contributed by atoms with Gasteiger partial charge in [0.05, 0.1) is 0 Å². The van der Waals surface area contributed by atoms with Crippen LogP contribution in [-0.4, -0.2) is 46.5 Å². The molecule has 4 aliphatic heterocycles. The molecule has 4 fully saturated rings. The van der Waals surface area contributed by atoms with Gasteiger partial charge < -0.3 is 0 Å². The van der Waals surface area contributed by atoms with Crippen molar-refractivity contribution in [2.75, 3.05) is 19.6 Å². The zero-order valence-electron chi connectivity index (χ0n) is 14.7. The molecule has 0 aliphatic carbocycles. The molecule has 2 aromatic rings. The lowest BCUT2D eigenvalue weighted by Crippen LogP contribution is -2.60. The molecule has 0 unspecified atom stereocenters. The zero-order valence-corrected chi connectivity index (χ0v) is 14.7. The van der Waals surface area contributed by atoms with Crippen LogP contribution in [0, 0.1) is 17.6 Å². The minimum atomic E-state index is -0.735. The third kappa shape index (κ3) is 2.57. The summed E-state index contributed by atoms with van der Waals surface area (Å²) in [5.74, 6) is -0.721. The molecule has 3 atom stereocenters. The van der Waals surface area contributed by atoms with Crippen molar-refractivity contribution in [3.63, 3.8) is 0 Å². The Bertz CT molecular complexity index is 789. The van der Waals surface area contributed by atoms with Crippen LogP contribution in [-0.2, 0) is 6.54 Å². The highest BCUT2D eigenvalue weighted by atomic mass is 19.2. The van der Waals surface area contributed by atoms with Crippen molar-refractivity contribution in [2.45, 2.75) is 37.4 Å². The average molecular weight is 355 g/mol. The molecule has 2 bridgehead atoms. The van der Waals surface area contributed by atoms with Gasteiger partial charge in [-0.2, -0.15) is 0 Å². The lowest BCUT2D eigenvalue weighted by atomic mass is 9.75. The molecule has 1 aromatic heterocycles. The van der Waals surface area contributed by atoms with E-state index in [2.05, 4.69) is 20.9 Å². The second-order valence-corrected chi connectivity index (χ2v) is 7.89. The number of piperidine rings is 3. The van der Waals surface area contributed by atoms with E-state index in [1.54, 1.807) is 18.3 Å². The Labute approximate surface area is 152 Å². The highest BCUT2D eigenvalue weighted by molar-refractivity contribution is 5.29. The highest BCUT2D eigenvalue weighted by Crippen LogP contribution is 2.47. The van der Waals surface area contributed by atoms with Crippen LogP contribution < -0.4 is 0 Å². The molecule has 136 valence electrons. The lowest BCUT2D eigenvalue weighted by molar-refractivity contribution is -0.00890. The van der Waals surface area contributed by atoms with Crippen LogP contribution in [0.2, 0.25) is 0 Å². The smallest absolute Gasteiger partial charge is 0.162 e. The monoisotopic (exact) mass is 355 g/mol. The van der Waals surface area contributed by atoms with Crippen LogP contribution in [0.5, 0.6) is 0 Å². The number of aromatic nitrogens is 1. The molecule has 4 saturated heterocycles. The fourth-order valence-corrected chi connectivity index (χ4v) is 5.53. The third-order valence-electron chi connectivity index (χ3n) is 6.58. The van der Waals surface area contributed by atoms with Crippen LogP contribution in [0.25, 0.3) is 0 Å². The Kier molecular flexibility index (Phi) is 4.02. The van der Waals surface area contributed by atoms with E-state index in [1.807, 2.05) is 12.3 Å². The summed E-state index contributed by atoms with van der Waals surface area (Å²) < 4.78 is 28.5. The van der Waals surface area contributed by atoms with Crippen molar-refractivity contribution in [3.05, 3.63) is 65.5 Å². The Morgan fingerprint density at radius 2 is 1.88 bits per heavy atom. The summed E-state index contributed by atoms with van der Waals surface area (Å²) in [5, 5.41) is 0. The summed E-state index contributed by atoms with van der Waals surface area (Å²) in [6.45, 7) is 3.77. The first kappa shape index (κ1) is 16.3. The summed E-state index contributed by atoms with van der Waals surface area (Å²) in [5.41, 5.74) is 1.73. The molecule has 4 aliphatic rings. The standard InChI is InChI=1S/C21H23F2N3/c22-18-5-1-4-16(19(18)23)17-13-26(12-14-3-2-8-24-11-14)20-15-6-9-25(10-7-15)21(17)20/h1-5,8,11,15,17,20-21H,6-7,9-10,12-13H2/t17-,20+,21+/m0/s1. The fourth-order valence-electron chi connectivity index (χ4n) is 5.53. The van der Waals surface area contributed by atoms with Crippen molar-refractivity contribution in [1.29, 1.82) is 0 Å². The van der Waals surface area contributed by atoms with Gasteiger partial charge in [-0.3, -0.25) is 14.8 Å². The number of nitrogens with zero attached hydrogens (tertiary/aromatic N) is 3. The normalized spacial score (nSPS) is 33.4. The van der Waals surface area contributed by atoms with Gasteiger partial charge in [0.1, 0.15) is 0 Å². The zero-order chi connectivity index (χ0) is 17.7. The first-order chi connectivity index (χ1) is 12.7. The lowest BCUT2D eigenvalue weighted by Gasteiger charge is -2.51. The maximum Gasteiger partial charge on any atom is 0.162 e. The molecule has 0 N–H and O–H groups in total.